The van der Waals surface area contributed by atoms with E-state index in [4.69, 9.17) is 4.74 Å². The van der Waals surface area contributed by atoms with Crippen LogP contribution in [0.25, 0.3) is 21.8 Å². The molecule has 1 heterocycles. The average molecular weight is 392 g/mol. The Balaban J connectivity index is 1.51. The zero-order valence-electron chi connectivity index (χ0n) is 16.2. The molecule has 3 aromatic rings. The second kappa shape index (κ2) is 8.47. The average Bonchev–Trinajstić information content (AvgIpc) is 2.76. The Bertz CT molecular complexity index is 1050. The first-order chi connectivity index (χ1) is 14.1. The lowest BCUT2D eigenvalue weighted by Gasteiger charge is -2.22. The number of carbonyl (C=O) groups is 2. The fourth-order valence-electron chi connectivity index (χ4n) is 4.08. The van der Waals surface area contributed by atoms with Crippen molar-refractivity contribution in [3.8, 4) is 0 Å². The Hall–Kier alpha value is -3.15. The van der Waals surface area contributed by atoms with Gasteiger partial charge in [0.15, 0.2) is 12.0 Å². The number of nitrogens with one attached hydrogen (secondary N) is 1. The van der Waals surface area contributed by atoms with Crippen molar-refractivity contribution < 1.29 is 14.3 Å². The van der Waals surface area contributed by atoms with Gasteiger partial charge in [0.2, 0.25) is 0 Å². The summed E-state index contributed by atoms with van der Waals surface area (Å²) in [6.07, 6.45) is 5.42. The van der Waals surface area contributed by atoms with E-state index in [0.29, 0.717) is 21.8 Å². The van der Waals surface area contributed by atoms with Gasteiger partial charge in [0, 0.05) is 16.8 Å². The molecule has 0 bridgehead atoms. The van der Waals surface area contributed by atoms with Crippen LogP contribution in [0, 0.1) is 0 Å². The number of hydrogen-bond acceptors (Lipinski definition) is 4. The summed E-state index contributed by atoms with van der Waals surface area (Å²) in [4.78, 5) is 37.3. The van der Waals surface area contributed by atoms with Crippen molar-refractivity contribution in [3.63, 3.8) is 0 Å². The zero-order chi connectivity index (χ0) is 20.2. The minimum atomic E-state index is -0.511. The van der Waals surface area contributed by atoms with Crippen LogP contribution in [0.1, 0.15) is 32.1 Å². The van der Waals surface area contributed by atoms with Crippen LogP contribution in [-0.2, 0) is 20.9 Å². The minimum Gasteiger partial charge on any atom is -0.454 e. The Morgan fingerprint density at radius 1 is 0.931 bits per heavy atom. The summed E-state index contributed by atoms with van der Waals surface area (Å²) in [6, 6.07) is 14.6. The number of carbonyl (C=O) groups excluding carboxylic acids is 2. The highest BCUT2D eigenvalue weighted by Gasteiger charge is 2.18. The molecule has 29 heavy (non-hydrogen) atoms. The summed E-state index contributed by atoms with van der Waals surface area (Å²) in [5, 5.41) is 4.04. The molecule has 4 rings (SSSR count). The topological polar surface area (TPSA) is 77.4 Å². The Morgan fingerprint density at radius 3 is 2.14 bits per heavy atom. The summed E-state index contributed by atoms with van der Waals surface area (Å²) in [7, 11) is 0. The molecule has 0 spiro atoms. The molecule has 0 aliphatic heterocycles. The van der Waals surface area contributed by atoms with E-state index in [1.54, 1.807) is 28.8 Å². The van der Waals surface area contributed by atoms with E-state index in [9.17, 15) is 14.4 Å². The van der Waals surface area contributed by atoms with E-state index >= 15 is 0 Å². The number of benzene rings is 2. The van der Waals surface area contributed by atoms with E-state index in [2.05, 4.69) is 5.32 Å². The maximum atomic E-state index is 12.7. The molecule has 6 nitrogen and oxygen atoms in total. The molecule has 150 valence electrons. The number of ether oxygens (including phenoxy) is 1. The molecule has 1 fully saturated rings. The second-order valence-corrected chi connectivity index (χ2v) is 7.51. The van der Waals surface area contributed by atoms with Gasteiger partial charge in [-0.2, -0.15) is 0 Å². The first-order valence-corrected chi connectivity index (χ1v) is 10.1. The van der Waals surface area contributed by atoms with Crippen molar-refractivity contribution in [1.82, 2.24) is 9.88 Å². The molecule has 0 unspecified atom stereocenters. The largest absolute Gasteiger partial charge is 0.454 e. The summed E-state index contributed by atoms with van der Waals surface area (Å²) in [5.74, 6) is -0.775. The fraction of sp³-hybridized carbons (Fsp3) is 0.348. The lowest BCUT2D eigenvalue weighted by molar-refractivity contribution is -0.149. The van der Waals surface area contributed by atoms with Crippen molar-refractivity contribution in [2.75, 3.05) is 6.61 Å². The van der Waals surface area contributed by atoms with Gasteiger partial charge in [-0.1, -0.05) is 43.5 Å². The molecule has 0 saturated heterocycles. The van der Waals surface area contributed by atoms with E-state index < -0.39 is 5.97 Å². The molecule has 6 heteroatoms. The number of nitrogens with zero attached hydrogens (tertiary/aromatic N) is 1. The van der Waals surface area contributed by atoms with Crippen LogP contribution in [0.5, 0.6) is 0 Å². The van der Waals surface area contributed by atoms with Gasteiger partial charge in [-0.15, -0.1) is 0 Å². The molecule has 1 aliphatic rings. The lowest BCUT2D eigenvalue weighted by atomic mass is 9.95. The molecule has 1 saturated carbocycles. The molecule has 0 atom stereocenters. The van der Waals surface area contributed by atoms with Gasteiger partial charge in [0.25, 0.3) is 5.91 Å². The third-order valence-corrected chi connectivity index (χ3v) is 5.50. The predicted molar refractivity (Wildman–Crippen MR) is 112 cm³/mol. The van der Waals surface area contributed by atoms with Crippen LogP contribution >= 0.6 is 0 Å². The Labute approximate surface area is 168 Å². The van der Waals surface area contributed by atoms with Crippen molar-refractivity contribution in [3.05, 3.63) is 58.8 Å². The van der Waals surface area contributed by atoms with Gasteiger partial charge in [0.1, 0.15) is 6.54 Å². The van der Waals surface area contributed by atoms with Crippen molar-refractivity contribution in [2.45, 2.75) is 44.7 Å². The fourth-order valence-corrected chi connectivity index (χ4v) is 4.08. The maximum absolute atomic E-state index is 12.7. The number of pyridine rings is 1. The van der Waals surface area contributed by atoms with Crippen LogP contribution in [0.15, 0.2) is 53.3 Å². The van der Waals surface area contributed by atoms with Crippen LogP contribution in [0.3, 0.4) is 0 Å². The predicted octanol–water partition coefficient (Wildman–Crippen LogP) is 3.15. The van der Waals surface area contributed by atoms with Crippen LogP contribution in [0.4, 0.5) is 0 Å². The number of aromatic nitrogens is 1. The first kappa shape index (κ1) is 19.2. The third kappa shape index (κ3) is 4.16. The lowest BCUT2D eigenvalue weighted by Crippen LogP contribution is -2.39. The van der Waals surface area contributed by atoms with E-state index in [1.165, 1.54) is 6.42 Å². The second-order valence-electron chi connectivity index (χ2n) is 7.51. The number of amides is 1. The van der Waals surface area contributed by atoms with Crippen LogP contribution in [-0.4, -0.2) is 29.1 Å². The number of esters is 1. The summed E-state index contributed by atoms with van der Waals surface area (Å²) in [5.41, 5.74) is 1.27. The van der Waals surface area contributed by atoms with Crippen molar-refractivity contribution in [1.29, 1.82) is 0 Å². The molecule has 1 amide bonds. The third-order valence-electron chi connectivity index (χ3n) is 5.50. The summed E-state index contributed by atoms with van der Waals surface area (Å²) < 4.78 is 7.00. The normalized spacial score (nSPS) is 14.8. The molecule has 1 aromatic heterocycles. The molecule has 1 N–H and O–H groups in total. The smallest absolute Gasteiger partial charge is 0.326 e. The molecule has 1 aliphatic carbocycles. The van der Waals surface area contributed by atoms with E-state index in [1.807, 2.05) is 24.3 Å². The van der Waals surface area contributed by atoms with Gasteiger partial charge >= 0.3 is 5.97 Å². The maximum Gasteiger partial charge on any atom is 0.326 e. The Kier molecular flexibility index (Phi) is 5.60. The van der Waals surface area contributed by atoms with Gasteiger partial charge in [0.05, 0.1) is 11.0 Å². The number of para-hydroxylation sites is 2. The van der Waals surface area contributed by atoms with Crippen LogP contribution < -0.4 is 10.7 Å². The zero-order valence-corrected chi connectivity index (χ0v) is 16.2. The highest BCUT2D eigenvalue weighted by Crippen LogP contribution is 2.19. The Morgan fingerprint density at radius 2 is 1.52 bits per heavy atom. The van der Waals surface area contributed by atoms with Gasteiger partial charge < -0.3 is 14.6 Å². The monoisotopic (exact) mass is 392 g/mol. The molecule has 2 aromatic carbocycles. The number of fused-ring (bicyclic) bond motifs is 2. The number of hydrogen-bond donors (Lipinski definition) is 1. The summed E-state index contributed by atoms with van der Waals surface area (Å²) >= 11 is 0. The van der Waals surface area contributed by atoms with E-state index in [0.717, 1.165) is 25.7 Å². The number of rotatable bonds is 5. The SMILES string of the molecule is O=C(COC(=O)Cn1c2ccccc2c(=O)c2ccccc21)NC1CCCCC1. The quantitative estimate of drug-likeness (QED) is 0.535. The van der Waals surface area contributed by atoms with Gasteiger partial charge in [-0.3, -0.25) is 14.4 Å². The van der Waals surface area contributed by atoms with Crippen molar-refractivity contribution >= 4 is 33.7 Å². The van der Waals surface area contributed by atoms with Gasteiger partial charge in [-0.25, -0.2) is 0 Å². The molecular weight excluding hydrogens is 368 g/mol. The molecule has 0 radical (unpaired) electrons. The highest BCUT2D eigenvalue weighted by atomic mass is 16.5. The highest BCUT2D eigenvalue weighted by molar-refractivity contribution is 5.94. The first-order valence-electron chi connectivity index (χ1n) is 10.1. The van der Waals surface area contributed by atoms with Crippen LogP contribution in [0.2, 0.25) is 0 Å². The standard InChI is InChI=1S/C23H24N2O4/c26-21(24-16-8-2-1-3-9-16)15-29-22(27)14-25-19-12-6-4-10-17(19)23(28)18-11-5-7-13-20(18)25/h4-7,10-13,16H,1-3,8-9,14-15H2,(H,24,26). The summed E-state index contributed by atoms with van der Waals surface area (Å²) in [6.45, 7) is -0.358. The van der Waals surface area contributed by atoms with Crippen molar-refractivity contribution in [2.24, 2.45) is 0 Å². The van der Waals surface area contributed by atoms with E-state index in [-0.39, 0.29) is 30.5 Å². The van der Waals surface area contributed by atoms with Gasteiger partial charge in [-0.05, 0) is 37.1 Å². The minimum absolute atomic E-state index is 0.0623. The molecular formula is C23H24N2O4.